The fourth-order valence-electron chi connectivity index (χ4n) is 6.18. The van der Waals surface area contributed by atoms with E-state index in [1.165, 1.54) is 38.5 Å². The molecule has 0 radical (unpaired) electrons. The highest BCUT2D eigenvalue weighted by Gasteiger charge is 2.51. The van der Waals surface area contributed by atoms with Gasteiger partial charge in [0.15, 0.2) is 0 Å². The minimum absolute atomic E-state index is 0.111. The monoisotopic (exact) mass is 323 g/mol. The number of aliphatic hydroxyl groups excluding tert-OH is 2. The lowest BCUT2D eigenvalue weighted by molar-refractivity contribution is -0.176. The van der Waals surface area contributed by atoms with Crippen molar-refractivity contribution >= 4 is 0 Å². The van der Waals surface area contributed by atoms with Crippen molar-refractivity contribution in [1.82, 2.24) is 4.90 Å². The zero-order valence-electron chi connectivity index (χ0n) is 14.3. The van der Waals surface area contributed by atoms with Gasteiger partial charge in [0.25, 0.3) is 0 Å². The lowest BCUT2D eigenvalue weighted by atomic mass is 9.54. The number of likely N-dealkylation sites (tertiary alicyclic amines) is 1. The summed E-state index contributed by atoms with van der Waals surface area (Å²) >= 11 is 0. The van der Waals surface area contributed by atoms with E-state index in [2.05, 4.69) is 4.90 Å². The molecule has 23 heavy (non-hydrogen) atoms. The van der Waals surface area contributed by atoms with Crippen LogP contribution in [0.25, 0.3) is 0 Å². The quantitative estimate of drug-likeness (QED) is 0.785. The highest BCUT2D eigenvalue weighted by Crippen LogP contribution is 2.57. The van der Waals surface area contributed by atoms with Crippen LogP contribution in [0.15, 0.2) is 0 Å². The van der Waals surface area contributed by atoms with Crippen LogP contribution in [0.2, 0.25) is 0 Å². The lowest BCUT2D eigenvalue weighted by Gasteiger charge is -2.56. The van der Waals surface area contributed by atoms with Crippen LogP contribution in [0, 0.1) is 23.7 Å². The van der Waals surface area contributed by atoms with Gasteiger partial charge in [-0.3, -0.25) is 0 Å². The first-order valence-corrected chi connectivity index (χ1v) is 9.79. The van der Waals surface area contributed by atoms with Crippen LogP contribution in [-0.2, 0) is 4.74 Å². The molecule has 1 saturated heterocycles. The van der Waals surface area contributed by atoms with Crippen molar-refractivity contribution in [3.63, 3.8) is 0 Å². The molecule has 0 amide bonds. The summed E-state index contributed by atoms with van der Waals surface area (Å²) in [7, 11) is 0. The molecule has 2 N–H and O–H groups in total. The highest BCUT2D eigenvalue weighted by molar-refractivity contribution is 5.03. The molecule has 4 saturated carbocycles. The highest BCUT2D eigenvalue weighted by atomic mass is 16.5. The Balaban J connectivity index is 1.23. The number of aliphatic hydroxyl groups is 2. The van der Waals surface area contributed by atoms with E-state index in [-0.39, 0.29) is 11.7 Å². The van der Waals surface area contributed by atoms with Gasteiger partial charge in [0.05, 0.1) is 18.3 Å². The van der Waals surface area contributed by atoms with E-state index >= 15 is 0 Å². The van der Waals surface area contributed by atoms with Crippen molar-refractivity contribution in [2.45, 2.75) is 63.1 Å². The summed E-state index contributed by atoms with van der Waals surface area (Å²) in [6, 6.07) is 0. The van der Waals surface area contributed by atoms with Gasteiger partial charge in [0.1, 0.15) is 0 Å². The predicted molar refractivity (Wildman–Crippen MR) is 89.1 cm³/mol. The summed E-state index contributed by atoms with van der Waals surface area (Å²) in [5.41, 5.74) is 0.111. The Labute approximate surface area is 140 Å². The second-order valence-electron chi connectivity index (χ2n) is 8.99. The molecule has 4 bridgehead atoms. The number of ether oxygens (including phenoxy) is 1. The van der Waals surface area contributed by atoms with Crippen LogP contribution in [0.3, 0.4) is 0 Å². The average Bonchev–Trinajstić information content (AvgIpc) is 2.53. The third kappa shape index (κ3) is 3.60. The van der Waals surface area contributed by atoms with Gasteiger partial charge in [-0.05, 0) is 88.1 Å². The van der Waals surface area contributed by atoms with E-state index in [0.29, 0.717) is 19.1 Å². The third-order valence-corrected chi connectivity index (χ3v) is 7.00. The van der Waals surface area contributed by atoms with Crippen molar-refractivity contribution < 1.29 is 14.9 Å². The molecule has 5 rings (SSSR count). The third-order valence-electron chi connectivity index (χ3n) is 7.00. The van der Waals surface area contributed by atoms with Crippen molar-refractivity contribution in [2.75, 3.05) is 32.8 Å². The summed E-state index contributed by atoms with van der Waals surface area (Å²) in [6.45, 7) is 3.54. The van der Waals surface area contributed by atoms with Crippen LogP contribution in [0.4, 0.5) is 0 Å². The minimum Gasteiger partial charge on any atom is -0.396 e. The van der Waals surface area contributed by atoms with E-state index in [9.17, 15) is 10.2 Å². The zero-order chi connectivity index (χ0) is 15.9. The maximum Gasteiger partial charge on any atom is 0.0900 e. The summed E-state index contributed by atoms with van der Waals surface area (Å²) < 4.78 is 6.37. The van der Waals surface area contributed by atoms with Gasteiger partial charge in [-0.15, -0.1) is 0 Å². The Morgan fingerprint density at radius 3 is 2.09 bits per heavy atom. The van der Waals surface area contributed by atoms with Gasteiger partial charge in [0, 0.05) is 13.2 Å². The van der Waals surface area contributed by atoms with Crippen molar-refractivity contribution in [1.29, 1.82) is 0 Å². The van der Waals surface area contributed by atoms with Crippen molar-refractivity contribution in [2.24, 2.45) is 23.7 Å². The molecule has 1 atom stereocenters. The molecule has 4 nitrogen and oxygen atoms in total. The molecule has 5 aliphatic rings. The van der Waals surface area contributed by atoms with Gasteiger partial charge in [-0.25, -0.2) is 0 Å². The van der Waals surface area contributed by atoms with E-state index in [4.69, 9.17) is 4.74 Å². The summed E-state index contributed by atoms with van der Waals surface area (Å²) in [4.78, 5) is 2.33. The van der Waals surface area contributed by atoms with Crippen LogP contribution in [0.1, 0.15) is 51.4 Å². The molecule has 0 aromatic heterocycles. The first-order valence-electron chi connectivity index (χ1n) is 9.79. The molecule has 4 aliphatic carbocycles. The summed E-state index contributed by atoms with van der Waals surface area (Å²) in [6.07, 6.45) is 9.78. The number of piperidine rings is 1. The van der Waals surface area contributed by atoms with E-state index in [0.717, 1.165) is 50.2 Å². The molecule has 0 spiro atoms. The molecule has 4 heteroatoms. The SMILES string of the molecule is OCC1CCN(CC(O)COC23CC4CC(CC(C4)C2)C3)CC1. The molecule has 0 aromatic rings. The Kier molecular flexibility index (Phi) is 4.70. The Bertz CT molecular complexity index is 370. The first kappa shape index (κ1) is 16.3. The van der Waals surface area contributed by atoms with Crippen LogP contribution < -0.4 is 0 Å². The van der Waals surface area contributed by atoms with Gasteiger partial charge >= 0.3 is 0 Å². The van der Waals surface area contributed by atoms with Gasteiger partial charge < -0.3 is 19.8 Å². The minimum atomic E-state index is -0.367. The number of hydrogen-bond donors (Lipinski definition) is 2. The first-order chi connectivity index (χ1) is 11.1. The topological polar surface area (TPSA) is 52.9 Å². The normalized spacial score (nSPS) is 42.3. The molecule has 1 aliphatic heterocycles. The standard InChI is InChI=1S/C19H33NO3/c21-12-14-1-3-20(4-2-14)11-18(22)13-23-19-8-15-5-16(9-19)7-17(6-15)10-19/h14-18,21-22H,1-13H2. The van der Waals surface area contributed by atoms with Crippen LogP contribution in [-0.4, -0.2) is 59.7 Å². The van der Waals surface area contributed by atoms with Crippen LogP contribution in [0.5, 0.6) is 0 Å². The fraction of sp³-hybridized carbons (Fsp3) is 1.00. The molecule has 1 heterocycles. The van der Waals surface area contributed by atoms with Crippen LogP contribution >= 0.6 is 0 Å². The summed E-state index contributed by atoms with van der Waals surface area (Å²) in [5, 5.41) is 19.6. The molecular formula is C19H33NO3. The van der Waals surface area contributed by atoms with E-state index in [1.54, 1.807) is 0 Å². The average molecular weight is 323 g/mol. The second-order valence-corrected chi connectivity index (χ2v) is 8.99. The number of β-amino-alcohol motifs (C(OH)–C–C–N with tert-alkyl or cyclic N) is 1. The molecule has 0 aromatic carbocycles. The number of rotatable bonds is 6. The maximum atomic E-state index is 10.4. The Morgan fingerprint density at radius 1 is 1.00 bits per heavy atom. The lowest BCUT2D eigenvalue weighted by Crippen LogP contribution is -2.53. The Morgan fingerprint density at radius 2 is 1.57 bits per heavy atom. The smallest absolute Gasteiger partial charge is 0.0900 e. The summed E-state index contributed by atoms with van der Waals surface area (Å²) in [5.74, 6) is 3.16. The molecule has 132 valence electrons. The van der Waals surface area contributed by atoms with Crippen molar-refractivity contribution in [3.05, 3.63) is 0 Å². The maximum absolute atomic E-state index is 10.4. The molecule has 5 fully saturated rings. The van der Waals surface area contributed by atoms with E-state index in [1.807, 2.05) is 0 Å². The largest absolute Gasteiger partial charge is 0.396 e. The number of hydrogen-bond acceptors (Lipinski definition) is 4. The molecule has 1 unspecified atom stereocenters. The predicted octanol–water partition coefficient (Wildman–Crippen LogP) is 2.04. The fourth-order valence-corrected chi connectivity index (χ4v) is 6.18. The van der Waals surface area contributed by atoms with E-state index < -0.39 is 0 Å². The van der Waals surface area contributed by atoms with Gasteiger partial charge in [-0.1, -0.05) is 0 Å². The second kappa shape index (κ2) is 6.62. The number of nitrogens with zero attached hydrogens (tertiary/aromatic N) is 1. The zero-order valence-corrected chi connectivity index (χ0v) is 14.3. The Hall–Kier alpha value is -0.160. The van der Waals surface area contributed by atoms with Crippen molar-refractivity contribution in [3.8, 4) is 0 Å². The molecular weight excluding hydrogens is 290 g/mol. The van der Waals surface area contributed by atoms with Gasteiger partial charge in [0.2, 0.25) is 0 Å². The van der Waals surface area contributed by atoms with Gasteiger partial charge in [-0.2, -0.15) is 0 Å².